The number of hydrogen-bond donors (Lipinski definition) is 0. The molecule has 7 heteroatoms. The second-order valence-corrected chi connectivity index (χ2v) is 11.7. The highest BCUT2D eigenvalue weighted by Gasteiger charge is 2.17. The van der Waals surface area contributed by atoms with Gasteiger partial charge in [-0.15, -0.1) is 0 Å². The zero-order valence-electron chi connectivity index (χ0n) is 25.2. The van der Waals surface area contributed by atoms with Crippen LogP contribution in [0.2, 0.25) is 5.02 Å². The maximum atomic E-state index is 6.25. The van der Waals surface area contributed by atoms with E-state index in [0.29, 0.717) is 13.2 Å². The van der Waals surface area contributed by atoms with Gasteiger partial charge in [0.1, 0.15) is 23.9 Å². The number of benzene rings is 3. The molecule has 2 heterocycles. The van der Waals surface area contributed by atoms with Crippen LogP contribution in [0.4, 0.5) is 0 Å². The maximum absolute atomic E-state index is 6.25. The molecule has 1 fully saturated rings. The number of rotatable bonds is 15. The maximum Gasteiger partial charge on any atom is 0.141 e. The van der Waals surface area contributed by atoms with Gasteiger partial charge in [-0.25, -0.2) is 4.98 Å². The fraction of sp³-hybridized carbons (Fsp3) is 0.457. The van der Waals surface area contributed by atoms with Crippen LogP contribution < -0.4 is 9.47 Å². The van der Waals surface area contributed by atoms with Gasteiger partial charge >= 0.3 is 0 Å². The summed E-state index contributed by atoms with van der Waals surface area (Å²) in [7, 11) is 0. The van der Waals surface area contributed by atoms with Gasteiger partial charge in [0.15, 0.2) is 0 Å². The molecule has 1 aromatic heterocycles. The van der Waals surface area contributed by atoms with E-state index < -0.39 is 0 Å². The molecular formula is C35H45ClN4O2. The topological polar surface area (TPSA) is 42.8 Å². The molecule has 0 spiro atoms. The minimum atomic E-state index is 0.619. The zero-order valence-corrected chi connectivity index (χ0v) is 26.0. The Kier molecular flexibility index (Phi) is 11.2. The lowest BCUT2D eigenvalue weighted by atomic mass is 10.1. The normalized spacial score (nSPS) is 14.5. The molecule has 3 aromatic carbocycles. The number of unbranched alkanes of at least 4 members (excludes halogenated alkanes) is 2. The monoisotopic (exact) mass is 588 g/mol. The largest absolute Gasteiger partial charge is 0.493 e. The van der Waals surface area contributed by atoms with Crippen molar-refractivity contribution in [2.45, 2.75) is 52.5 Å². The minimum absolute atomic E-state index is 0.619. The Balaban J connectivity index is 1.20. The van der Waals surface area contributed by atoms with Gasteiger partial charge < -0.3 is 18.9 Å². The van der Waals surface area contributed by atoms with E-state index in [-0.39, 0.29) is 0 Å². The lowest BCUT2D eigenvalue weighted by Crippen LogP contribution is -2.47. The van der Waals surface area contributed by atoms with Crippen LogP contribution in [0.15, 0.2) is 66.7 Å². The van der Waals surface area contributed by atoms with Crippen molar-refractivity contribution in [3.05, 3.63) is 77.3 Å². The number of nitrogens with zero attached hydrogens (tertiary/aromatic N) is 4. The van der Waals surface area contributed by atoms with Crippen molar-refractivity contribution >= 4 is 22.6 Å². The van der Waals surface area contributed by atoms with Crippen LogP contribution in [0.5, 0.6) is 11.5 Å². The molecule has 0 atom stereocenters. The van der Waals surface area contributed by atoms with E-state index in [9.17, 15) is 0 Å². The van der Waals surface area contributed by atoms with E-state index in [1.165, 1.54) is 38.0 Å². The van der Waals surface area contributed by atoms with Crippen LogP contribution in [0.1, 0.15) is 45.1 Å². The summed E-state index contributed by atoms with van der Waals surface area (Å²) < 4.78 is 14.6. The molecule has 42 heavy (non-hydrogen) atoms. The van der Waals surface area contributed by atoms with E-state index >= 15 is 0 Å². The van der Waals surface area contributed by atoms with Gasteiger partial charge in [-0.1, -0.05) is 50.4 Å². The first-order chi connectivity index (χ1) is 20.6. The van der Waals surface area contributed by atoms with Crippen LogP contribution in [0.25, 0.3) is 22.4 Å². The van der Waals surface area contributed by atoms with Crippen LogP contribution in [0.3, 0.4) is 0 Å². The molecule has 6 nitrogen and oxygen atoms in total. The first-order valence-electron chi connectivity index (χ1n) is 15.7. The molecule has 4 aromatic rings. The fourth-order valence-corrected chi connectivity index (χ4v) is 5.63. The van der Waals surface area contributed by atoms with Gasteiger partial charge in [0.2, 0.25) is 0 Å². The first kappa shape index (κ1) is 30.4. The van der Waals surface area contributed by atoms with Crippen LogP contribution in [-0.2, 0) is 13.0 Å². The van der Waals surface area contributed by atoms with Crippen molar-refractivity contribution in [3.63, 3.8) is 0 Å². The van der Waals surface area contributed by atoms with E-state index in [2.05, 4.69) is 58.5 Å². The molecule has 0 saturated carbocycles. The number of ether oxygens (including phenoxy) is 2. The number of imidazole rings is 1. The third kappa shape index (κ3) is 8.27. The van der Waals surface area contributed by atoms with E-state index in [1.807, 2.05) is 36.4 Å². The number of halogens is 1. The second-order valence-electron chi connectivity index (χ2n) is 11.2. The number of fused-ring (bicyclic) bond motifs is 1. The van der Waals surface area contributed by atoms with Gasteiger partial charge in [-0.3, -0.25) is 4.90 Å². The van der Waals surface area contributed by atoms with Crippen LogP contribution >= 0.6 is 11.6 Å². The van der Waals surface area contributed by atoms with Crippen LogP contribution in [0, 0.1) is 0 Å². The minimum Gasteiger partial charge on any atom is -0.493 e. The average molecular weight is 589 g/mol. The summed E-state index contributed by atoms with van der Waals surface area (Å²) in [6.07, 6.45) is 5.63. The Morgan fingerprint density at radius 2 is 1.36 bits per heavy atom. The van der Waals surface area contributed by atoms with Gasteiger partial charge in [-0.05, 0) is 73.5 Å². The quantitative estimate of drug-likeness (QED) is 0.143. The summed E-state index contributed by atoms with van der Waals surface area (Å²) in [4.78, 5) is 10.2. The second kappa shape index (κ2) is 15.4. The lowest BCUT2D eigenvalue weighted by Gasteiger charge is -2.34. The van der Waals surface area contributed by atoms with Gasteiger partial charge in [-0.2, -0.15) is 0 Å². The summed E-state index contributed by atoms with van der Waals surface area (Å²) in [5, 5.41) is 0.756. The Bertz CT molecular complexity index is 1380. The molecule has 1 saturated heterocycles. The summed E-state index contributed by atoms with van der Waals surface area (Å²) in [6, 6.07) is 22.6. The summed E-state index contributed by atoms with van der Waals surface area (Å²) in [5.41, 5.74) is 4.43. The molecule has 0 N–H and O–H groups in total. The molecule has 5 rings (SSSR count). The van der Waals surface area contributed by atoms with Gasteiger partial charge in [0.25, 0.3) is 0 Å². The van der Waals surface area contributed by atoms with Gasteiger partial charge in [0.05, 0.1) is 17.6 Å². The smallest absolute Gasteiger partial charge is 0.141 e. The Labute approximate surface area is 256 Å². The van der Waals surface area contributed by atoms with Crippen molar-refractivity contribution in [3.8, 4) is 22.9 Å². The molecule has 0 bridgehead atoms. The highest BCUT2D eigenvalue weighted by atomic mass is 35.5. The molecule has 0 radical (unpaired) electrons. The summed E-state index contributed by atoms with van der Waals surface area (Å²) >= 11 is 5.99. The Morgan fingerprint density at radius 3 is 2.07 bits per heavy atom. The van der Waals surface area contributed by atoms with E-state index in [0.717, 1.165) is 84.4 Å². The number of aryl methyl sites for hydroxylation is 1. The fourth-order valence-electron chi connectivity index (χ4n) is 5.50. The lowest BCUT2D eigenvalue weighted by molar-refractivity contribution is 0.116. The molecule has 0 amide bonds. The van der Waals surface area contributed by atoms with E-state index in [1.54, 1.807) is 0 Å². The average Bonchev–Trinajstić information content (AvgIpc) is 3.38. The zero-order chi connectivity index (χ0) is 29.1. The number of piperazine rings is 1. The third-order valence-corrected chi connectivity index (χ3v) is 8.36. The molecule has 224 valence electrons. The van der Waals surface area contributed by atoms with E-state index in [4.69, 9.17) is 26.1 Å². The van der Waals surface area contributed by atoms with Crippen LogP contribution in [-0.4, -0.2) is 71.8 Å². The van der Waals surface area contributed by atoms with Crippen molar-refractivity contribution in [1.29, 1.82) is 0 Å². The van der Waals surface area contributed by atoms with Crippen molar-refractivity contribution < 1.29 is 9.47 Å². The predicted octanol–water partition coefficient (Wildman–Crippen LogP) is 7.57. The van der Waals surface area contributed by atoms with Crippen molar-refractivity contribution in [2.24, 2.45) is 0 Å². The Morgan fingerprint density at radius 1 is 0.714 bits per heavy atom. The molecule has 1 aliphatic rings. The number of aromatic nitrogens is 2. The highest BCUT2D eigenvalue weighted by molar-refractivity contribution is 6.30. The number of hydrogen-bond acceptors (Lipinski definition) is 5. The van der Waals surface area contributed by atoms with Gasteiger partial charge in [0, 0.05) is 62.3 Å². The van der Waals surface area contributed by atoms with Crippen molar-refractivity contribution in [1.82, 2.24) is 19.4 Å². The molecular weight excluding hydrogens is 544 g/mol. The Hall–Kier alpha value is -3.06. The summed E-state index contributed by atoms with van der Waals surface area (Å²) in [5.74, 6) is 2.77. The molecule has 0 unspecified atom stereocenters. The first-order valence-corrected chi connectivity index (χ1v) is 16.1. The SMILES string of the molecule is CCCCN1CCN(CCOc2ccc3nc(-c4ccc(OCCc5ccc(Cl)cc5)cc4)n(CCCC)c3c2)CC1. The summed E-state index contributed by atoms with van der Waals surface area (Å²) in [6.45, 7) is 13.5. The molecule has 1 aliphatic heterocycles. The standard InChI is InChI=1S/C35H45ClN4O2/c1-3-5-18-38-20-22-39(23-21-38)24-26-42-32-15-16-33-34(27-32)40(19-6-4-2)35(37-33)29-9-13-31(14-10-29)41-25-17-28-7-11-30(36)12-8-28/h7-16,27H,3-6,17-26H2,1-2H3. The predicted molar refractivity (Wildman–Crippen MR) is 174 cm³/mol. The van der Waals surface area contributed by atoms with Crippen molar-refractivity contribution in [2.75, 3.05) is 52.5 Å². The third-order valence-electron chi connectivity index (χ3n) is 8.11. The molecule has 0 aliphatic carbocycles. The highest BCUT2D eigenvalue weighted by Crippen LogP contribution is 2.29.